The molecule has 0 aliphatic heterocycles. The predicted molar refractivity (Wildman–Crippen MR) is 144 cm³/mol. The van der Waals surface area contributed by atoms with Crippen LogP contribution in [0.2, 0.25) is 0 Å². The van der Waals surface area contributed by atoms with Crippen LogP contribution in [0.3, 0.4) is 0 Å². The maximum absolute atomic E-state index is 10.7. The van der Waals surface area contributed by atoms with Crippen molar-refractivity contribution in [1.82, 2.24) is 0 Å². The summed E-state index contributed by atoms with van der Waals surface area (Å²) < 4.78 is 61.3. The van der Waals surface area contributed by atoms with E-state index in [2.05, 4.69) is 66.1 Å². The summed E-state index contributed by atoms with van der Waals surface area (Å²) in [4.78, 5) is 0. The maximum atomic E-state index is 9.87. The molecule has 0 bridgehead atoms. The fourth-order valence-electron chi connectivity index (χ4n) is 3.38. The van der Waals surface area contributed by atoms with Gasteiger partial charge >= 0.3 is 33.0 Å². The van der Waals surface area contributed by atoms with Crippen molar-refractivity contribution in [3.8, 4) is 29.0 Å². The van der Waals surface area contributed by atoms with Gasteiger partial charge in [-0.05, 0) is 59.5 Å². The molecule has 39 heavy (non-hydrogen) atoms. The van der Waals surface area contributed by atoms with E-state index in [1.807, 2.05) is 72.8 Å². The standard InChI is InChI=1S/C30H23N2.F6P/c1-2-32-20-18-29(19-21-32)27-14-16-28(17-15-27)30(23-31)22-26-12-10-25(11-13-26)9-8-24-6-4-3-5-7-24;1-7(2,3,4,5)6/h3-7,10-22H,2H2,1H3;/q+1;-1/b30-22+;. The Bertz CT molecular complexity index is 1530. The summed E-state index contributed by atoms with van der Waals surface area (Å²) in [6, 6.07) is 32.6. The summed E-state index contributed by atoms with van der Waals surface area (Å²) in [6.45, 7) is 3.08. The van der Waals surface area contributed by atoms with Crippen molar-refractivity contribution in [2.45, 2.75) is 13.5 Å². The quantitative estimate of drug-likeness (QED) is 0.0614. The van der Waals surface area contributed by atoms with Crippen LogP contribution < -0.4 is 4.57 Å². The van der Waals surface area contributed by atoms with Crippen LogP contribution in [0.5, 0.6) is 0 Å². The van der Waals surface area contributed by atoms with Gasteiger partial charge in [0.05, 0.1) is 11.6 Å². The number of hydrogen-bond acceptors (Lipinski definition) is 1. The van der Waals surface area contributed by atoms with Crippen molar-refractivity contribution in [3.05, 3.63) is 126 Å². The molecule has 0 radical (unpaired) electrons. The molecule has 0 unspecified atom stereocenters. The number of aryl methyl sites for hydroxylation is 1. The van der Waals surface area contributed by atoms with Crippen LogP contribution in [0.1, 0.15) is 29.2 Å². The zero-order chi connectivity index (χ0) is 28.6. The third-order valence-corrected chi connectivity index (χ3v) is 5.25. The molecule has 1 heterocycles. The minimum absolute atomic E-state index is 0.636. The first-order valence-electron chi connectivity index (χ1n) is 11.7. The summed E-state index contributed by atoms with van der Waals surface area (Å²) in [6.07, 6.45) is 6.07. The van der Waals surface area contributed by atoms with Crippen LogP contribution in [-0.4, -0.2) is 0 Å². The van der Waals surface area contributed by atoms with E-state index in [0.29, 0.717) is 5.57 Å². The summed E-state index contributed by atoms with van der Waals surface area (Å²) in [5.74, 6) is 6.34. The van der Waals surface area contributed by atoms with E-state index in [4.69, 9.17) is 0 Å². The van der Waals surface area contributed by atoms with Crippen LogP contribution in [-0.2, 0) is 6.54 Å². The van der Waals surface area contributed by atoms with Crippen LogP contribution >= 0.6 is 7.81 Å². The number of aromatic nitrogens is 1. The molecule has 1 aromatic heterocycles. The average Bonchev–Trinajstić information content (AvgIpc) is 2.90. The van der Waals surface area contributed by atoms with Gasteiger partial charge in [-0.2, -0.15) is 5.26 Å². The molecule has 2 nitrogen and oxygen atoms in total. The fourth-order valence-corrected chi connectivity index (χ4v) is 3.38. The Morgan fingerprint density at radius 3 is 1.69 bits per heavy atom. The van der Waals surface area contributed by atoms with E-state index in [-0.39, 0.29) is 0 Å². The van der Waals surface area contributed by atoms with Crippen LogP contribution in [0.15, 0.2) is 103 Å². The second-order valence-corrected chi connectivity index (χ2v) is 10.3. The van der Waals surface area contributed by atoms with E-state index in [1.165, 1.54) is 0 Å². The SMILES string of the molecule is CC[n+]1ccc(-c2ccc(/C(C#N)=C/c3ccc(C#Cc4ccccc4)cc3)cc2)cc1.F[P-](F)(F)(F)(F)F. The molecule has 0 spiro atoms. The normalized spacial score (nSPS) is 12.9. The van der Waals surface area contributed by atoms with Gasteiger partial charge in [0.25, 0.3) is 0 Å². The van der Waals surface area contributed by atoms with E-state index >= 15 is 0 Å². The zero-order valence-corrected chi connectivity index (χ0v) is 21.6. The zero-order valence-electron chi connectivity index (χ0n) is 20.7. The molecule has 0 saturated carbocycles. The Balaban J connectivity index is 0.000000532. The minimum atomic E-state index is -10.7. The van der Waals surface area contributed by atoms with Gasteiger partial charge in [0.2, 0.25) is 0 Å². The first-order chi connectivity index (χ1) is 18.2. The molecule has 0 aliphatic carbocycles. The Hall–Kier alpha value is -4.39. The number of halogens is 6. The average molecular weight is 556 g/mol. The number of rotatable bonds is 4. The summed E-state index contributed by atoms with van der Waals surface area (Å²) >= 11 is 0. The molecule has 0 N–H and O–H groups in total. The van der Waals surface area contributed by atoms with Crippen molar-refractivity contribution in [2.24, 2.45) is 0 Å². The van der Waals surface area contributed by atoms with Gasteiger partial charge in [-0.25, -0.2) is 4.57 Å². The summed E-state index contributed by atoms with van der Waals surface area (Å²) in [7, 11) is -10.7. The predicted octanol–water partition coefficient (Wildman–Crippen LogP) is 9.51. The van der Waals surface area contributed by atoms with Crippen molar-refractivity contribution >= 4 is 19.5 Å². The molecule has 0 amide bonds. The van der Waals surface area contributed by atoms with Crippen molar-refractivity contribution < 1.29 is 29.7 Å². The molecular formula is C30H23F6N2P. The van der Waals surface area contributed by atoms with Crippen LogP contribution in [0, 0.1) is 23.2 Å². The first-order valence-corrected chi connectivity index (χ1v) is 13.7. The number of benzene rings is 3. The molecule has 3 aromatic carbocycles. The van der Waals surface area contributed by atoms with Gasteiger partial charge in [-0.1, -0.05) is 66.4 Å². The van der Waals surface area contributed by atoms with Crippen molar-refractivity contribution in [1.29, 1.82) is 5.26 Å². The monoisotopic (exact) mass is 556 g/mol. The van der Waals surface area contributed by atoms with E-state index in [9.17, 15) is 30.4 Å². The molecule has 0 fully saturated rings. The molecule has 0 aliphatic rings. The second-order valence-electron chi connectivity index (χ2n) is 8.36. The first kappa shape index (κ1) is 29.2. The molecule has 0 atom stereocenters. The Morgan fingerprint density at radius 2 is 1.21 bits per heavy atom. The Morgan fingerprint density at radius 1 is 0.718 bits per heavy atom. The number of hydrogen-bond donors (Lipinski definition) is 0. The third kappa shape index (κ3) is 11.3. The Labute approximate surface area is 222 Å². The van der Waals surface area contributed by atoms with Gasteiger partial charge in [-0.15, -0.1) is 0 Å². The topological polar surface area (TPSA) is 27.7 Å². The van der Waals surface area contributed by atoms with Crippen molar-refractivity contribution in [2.75, 3.05) is 0 Å². The van der Waals surface area contributed by atoms with Gasteiger partial charge in [0, 0.05) is 23.3 Å². The number of nitrogens with zero attached hydrogens (tertiary/aromatic N) is 2. The van der Waals surface area contributed by atoms with E-state index in [0.717, 1.165) is 39.9 Å². The molecule has 4 aromatic rings. The molecule has 4 rings (SSSR count). The molecule has 9 heteroatoms. The summed E-state index contributed by atoms with van der Waals surface area (Å²) in [5.41, 5.74) is 6.75. The summed E-state index contributed by atoms with van der Waals surface area (Å²) in [5, 5.41) is 9.71. The Kier molecular flexibility index (Phi) is 8.34. The van der Waals surface area contributed by atoms with Gasteiger partial charge < -0.3 is 0 Å². The molecule has 200 valence electrons. The number of pyridine rings is 1. The fraction of sp³-hybridized carbons (Fsp3) is 0.0667. The van der Waals surface area contributed by atoms with Crippen LogP contribution in [0.4, 0.5) is 25.2 Å². The third-order valence-electron chi connectivity index (χ3n) is 5.25. The van der Waals surface area contributed by atoms with Gasteiger partial charge in [-0.3, -0.25) is 0 Å². The van der Waals surface area contributed by atoms with Crippen LogP contribution in [0.25, 0.3) is 22.8 Å². The number of nitriles is 1. The second kappa shape index (κ2) is 11.2. The van der Waals surface area contributed by atoms with E-state index < -0.39 is 7.81 Å². The molecular weight excluding hydrogens is 533 g/mol. The van der Waals surface area contributed by atoms with Crippen molar-refractivity contribution in [3.63, 3.8) is 0 Å². The van der Waals surface area contributed by atoms with Gasteiger partial charge in [0.1, 0.15) is 6.54 Å². The van der Waals surface area contributed by atoms with Gasteiger partial charge in [0.15, 0.2) is 12.4 Å². The number of allylic oxidation sites excluding steroid dienone is 1. The molecule has 0 saturated heterocycles. The van der Waals surface area contributed by atoms with E-state index in [1.54, 1.807) is 0 Å².